The van der Waals surface area contributed by atoms with Gasteiger partial charge in [0.25, 0.3) is 0 Å². The first-order valence-electron chi connectivity index (χ1n) is 13.6. The summed E-state index contributed by atoms with van der Waals surface area (Å²) in [5.41, 5.74) is -2.85. The van der Waals surface area contributed by atoms with Crippen molar-refractivity contribution in [2.24, 2.45) is 16.7 Å². The van der Waals surface area contributed by atoms with E-state index in [1.165, 1.54) is 13.8 Å². The Labute approximate surface area is 234 Å². The zero-order valence-corrected chi connectivity index (χ0v) is 24.0. The fraction of sp³-hybridized carbons (Fsp3) is 0.581. The molecule has 0 aliphatic heterocycles. The number of aliphatic hydroxyl groups excluding tert-OH is 2. The van der Waals surface area contributed by atoms with Gasteiger partial charge in [-0.1, -0.05) is 45.5 Å². The lowest BCUT2D eigenvalue weighted by Gasteiger charge is -2.62. The van der Waals surface area contributed by atoms with Crippen LogP contribution in [0.4, 0.5) is 0 Å². The highest BCUT2D eigenvalue weighted by Gasteiger charge is 2.69. The largest absolute Gasteiger partial charge is 0.458 e. The van der Waals surface area contributed by atoms with Crippen LogP contribution in [0, 0.1) is 16.7 Å². The minimum absolute atomic E-state index is 0.191. The fourth-order valence-corrected chi connectivity index (χ4v) is 7.31. The monoisotopic (exact) mass is 556 g/mol. The predicted molar refractivity (Wildman–Crippen MR) is 145 cm³/mol. The van der Waals surface area contributed by atoms with Gasteiger partial charge in [0.05, 0.1) is 17.8 Å². The number of rotatable bonds is 4. The van der Waals surface area contributed by atoms with Crippen LogP contribution in [0.5, 0.6) is 0 Å². The summed E-state index contributed by atoms with van der Waals surface area (Å²) in [7, 11) is 0. The molecule has 2 fully saturated rings. The molecule has 9 nitrogen and oxygen atoms in total. The van der Waals surface area contributed by atoms with Gasteiger partial charge in [0.15, 0.2) is 6.10 Å². The van der Waals surface area contributed by atoms with E-state index in [0.717, 1.165) is 0 Å². The van der Waals surface area contributed by atoms with Crippen molar-refractivity contribution < 1.29 is 43.9 Å². The van der Waals surface area contributed by atoms with Crippen LogP contribution in [0.2, 0.25) is 0 Å². The summed E-state index contributed by atoms with van der Waals surface area (Å²) in [6.07, 6.45) is -5.43. The Balaban J connectivity index is 2.05. The van der Waals surface area contributed by atoms with E-state index in [1.807, 2.05) is 6.92 Å². The Hall–Kier alpha value is -3.01. The van der Waals surface area contributed by atoms with Gasteiger partial charge in [-0.2, -0.15) is 0 Å². The van der Waals surface area contributed by atoms with Gasteiger partial charge in [-0.3, -0.25) is 9.59 Å². The number of aliphatic hydroxyl groups is 3. The molecule has 1 aromatic carbocycles. The van der Waals surface area contributed by atoms with Gasteiger partial charge in [-0.25, -0.2) is 4.79 Å². The van der Waals surface area contributed by atoms with Crippen molar-refractivity contribution in [1.29, 1.82) is 0 Å². The lowest BCUT2D eigenvalue weighted by Crippen LogP contribution is -2.71. The quantitative estimate of drug-likeness (QED) is 0.290. The molecule has 2 bridgehead atoms. The first-order valence-corrected chi connectivity index (χ1v) is 13.6. The smallest absolute Gasteiger partial charge is 0.338 e. The molecule has 218 valence electrons. The third-order valence-electron chi connectivity index (χ3n) is 9.49. The minimum Gasteiger partial charge on any atom is -0.458 e. The lowest BCUT2D eigenvalue weighted by atomic mass is 9.47. The summed E-state index contributed by atoms with van der Waals surface area (Å²) in [6, 6.07) is 8.32. The molecule has 0 saturated heterocycles. The normalized spacial score (nSPS) is 37.0. The number of esters is 3. The summed E-state index contributed by atoms with van der Waals surface area (Å²) in [6.45, 7) is 13.6. The van der Waals surface area contributed by atoms with Crippen LogP contribution in [-0.2, 0) is 23.8 Å². The molecular formula is C31H40O9. The van der Waals surface area contributed by atoms with Crippen molar-refractivity contribution in [3.05, 3.63) is 59.2 Å². The second-order valence-corrected chi connectivity index (χ2v) is 12.2. The van der Waals surface area contributed by atoms with Crippen molar-refractivity contribution in [1.82, 2.24) is 0 Å². The number of carbonyl (C=O) groups is 3. The van der Waals surface area contributed by atoms with Gasteiger partial charge in [-0.15, -0.1) is 0 Å². The number of benzene rings is 1. The molecule has 3 N–H and O–H groups in total. The number of carbonyl (C=O) groups excluding carboxylic acids is 3. The van der Waals surface area contributed by atoms with Gasteiger partial charge in [0.2, 0.25) is 0 Å². The maximum Gasteiger partial charge on any atom is 0.338 e. The van der Waals surface area contributed by atoms with Gasteiger partial charge in [0, 0.05) is 37.0 Å². The summed E-state index contributed by atoms with van der Waals surface area (Å²) in [5.74, 6) is -2.90. The molecule has 0 heterocycles. The molecule has 3 aliphatic carbocycles. The topological polar surface area (TPSA) is 140 Å². The zero-order chi connectivity index (χ0) is 29.8. The van der Waals surface area contributed by atoms with Gasteiger partial charge >= 0.3 is 17.9 Å². The lowest BCUT2D eigenvalue weighted by molar-refractivity contribution is -0.233. The fourth-order valence-electron chi connectivity index (χ4n) is 7.31. The third kappa shape index (κ3) is 4.67. The highest BCUT2D eigenvalue weighted by Crippen LogP contribution is 2.62. The van der Waals surface area contributed by atoms with Crippen LogP contribution in [-0.4, -0.2) is 69.3 Å². The van der Waals surface area contributed by atoms with Crippen LogP contribution in [0.3, 0.4) is 0 Å². The molecule has 8 atom stereocenters. The molecule has 0 spiro atoms. The van der Waals surface area contributed by atoms with Gasteiger partial charge in [-0.05, 0) is 48.6 Å². The molecular weight excluding hydrogens is 516 g/mol. The highest BCUT2D eigenvalue weighted by atomic mass is 16.6. The second kappa shape index (κ2) is 10.4. The van der Waals surface area contributed by atoms with E-state index in [0.29, 0.717) is 16.7 Å². The standard InChI is InChI=1S/C31H40O9/c1-16-21(34)13-14-30(7)24(16)26(40-28(36)20-11-9-8-10-12-20)31(37)15-22(35)17(2)23(29(31,5)6)25(38-18(3)32)27(30)39-19(4)33/h8-12,21-22,24-27,34-35,37H,1,13-15H2,2-7H3/t21?,22?,24?,25-,26?,27?,30-,31-/m1/s1. The van der Waals surface area contributed by atoms with Gasteiger partial charge < -0.3 is 29.5 Å². The maximum atomic E-state index is 13.6. The summed E-state index contributed by atoms with van der Waals surface area (Å²) >= 11 is 0. The second-order valence-electron chi connectivity index (χ2n) is 12.2. The van der Waals surface area contributed by atoms with E-state index < -0.39 is 70.8 Å². The molecule has 4 rings (SSSR count). The maximum absolute atomic E-state index is 13.6. The van der Waals surface area contributed by atoms with E-state index in [9.17, 15) is 29.7 Å². The van der Waals surface area contributed by atoms with Crippen molar-refractivity contribution in [3.63, 3.8) is 0 Å². The Morgan fingerprint density at radius 2 is 1.52 bits per heavy atom. The SMILES string of the molecule is C=C1C(O)CC[C@]2(C)C1C(OC(=O)c1ccccc1)[C@]1(O)CC(O)C(C)=C([C@@H](OC(C)=O)C2OC(C)=O)C1(C)C. The zero-order valence-electron chi connectivity index (χ0n) is 24.0. The van der Waals surface area contributed by atoms with Crippen molar-refractivity contribution in [2.45, 2.75) is 96.9 Å². The van der Waals surface area contributed by atoms with Crippen LogP contribution in [0.25, 0.3) is 0 Å². The molecule has 5 unspecified atom stereocenters. The molecule has 9 heteroatoms. The van der Waals surface area contributed by atoms with E-state index in [2.05, 4.69) is 6.58 Å². The number of ether oxygens (including phenoxy) is 3. The van der Waals surface area contributed by atoms with Crippen LogP contribution >= 0.6 is 0 Å². The van der Waals surface area contributed by atoms with Crippen molar-refractivity contribution in [3.8, 4) is 0 Å². The molecule has 40 heavy (non-hydrogen) atoms. The van der Waals surface area contributed by atoms with Crippen molar-refractivity contribution >= 4 is 17.9 Å². The Morgan fingerprint density at radius 1 is 0.925 bits per heavy atom. The molecule has 3 aliphatic rings. The molecule has 1 aromatic rings. The van der Waals surface area contributed by atoms with Gasteiger partial charge in [0.1, 0.15) is 17.8 Å². The van der Waals surface area contributed by atoms with E-state index in [4.69, 9.17) is 14.2 Å². The number of fused-ring (bicyclic) bond motifs is 3. The third-order valence-corrected chi connectivity index (χ3v) is 9.49. The summed E-state index contributed by atoms with van der Waals surface area (Å²) in [5, 5.41) is 35.0. The highest BCUT2D eigenvalue weighted by molar-refractivity contribution is 5.89. The van der Waals surface area contributed by atoms with Crippen LogP contribution < -0.4 is 0 Å². The van der Waals surface area contributed by atoms with E-state index in [-0.39, 0.29) is 24.8 Å². The Morgan fingerprint density at radius 3 is 2.10 bits per heavy atom. The average molecular weight is 557 g/mol. The molecule has 0 amide bonds. The number of hydrogen-bond acceptors (Lipinski definition) is 9. The number of hydrogen-bond donors (Lipinski definition) is 3. The first kappa shape index (κ1) is 30.0. The van der Waals surface area contributed by atoms with Crippen LogP contribution in [0.15, 0.2) is 53.6 Å². The Bertz CT molecular complexity index is 1230. The van der Waals surface area contributed by atoms with Crippen molar-refractivity contribution in [2.75, 3.05) is 0 Å². The molecule has 0 aromatic heterocycles. The Kier molecular flexibility index (Phi) is 7.81. The minimum atomic E-state index is -1.91. The molecule has 0 radical (unpaired) electrons. The van der Waals surface area contributed by atoms with Crippen LogP contribution in [0.1, 0.15) is 71.2 Å². The molecule has 2 saturated carbocycles. The first-order chi connectivity index (χ1) is 18.6. The predicted octanol–water partition coefficient (Wildman–Crippen LogP) is 3.26. The average Bonchev–Trinajstić information content (AvgIpc) is 2.87. The summed E-state index contributed by atoms with van der Waals surface area (Å²) < 4.78 is 18.1. The summed E-state index contributed by atoms with van der Waals surface area (Å²) in [4.78, 5) is 38.6. The van der Waals surface area contributed by atoms with E-state index >= 15 is 0 Å². The van der Waals surface area contributed by atoms with E-state index in [1.54, 1.807) is 51.1 Å².